The maximum absolute atomic E-state index is 9.65. The van der Waals surface area contributed by atoms with Gasteiger partial charge in [-0.25, -0.2) is 4.85 Å². The zero-order chi connectivity index (χ0) is 30.1. The predicted octanol–water partition coefficient (Wildman–Crippen LogP) is 6.65. The second-order valence-corrected chi connectivity index (χ2v) is 10.8. The number of aliphatic hydroxyl groups is 2. The first-order valence-electron chi connectivity index (χ1n) is 14.7. The van der Waals surface area contributed by atoms with E-state index in [4.69, 9.17) is 6.57 Å². The van der Waals surface area contributed by atoms with Gasteiger partial charge in [0, 0.05) is 154 Å². The number of H-pyrrole nitrogens is 3. The van der Waals surface area contributed by atoms with Gasteiger partial charge in [0.05, 0.1) is 12.6 Å². The average molecular weight is 1010 g/mol. The van der Waals surface area contributed by atoms with E-state index in [0.29, 0.717) is 30.5 Å². The van der Waals surface area contributed by atoms with E-state index in [-0.39, 0.29) is 101 Å². The number of nitrogens with one attached hydrogen (secondary N) is 3. The molecule has 9 heteroatoms. The Kier molecular flexibility index (Phi) is 18.3. The third-order valence-electron chi connectivity index (χ3n) is 8.07. The maximum Gasteiger partial charge on any atom is 0.164 e. The number of aromatic nitrogens is 3. The molecule has 3 aromatic rings. The van der Waals surface area contributed by atoms with Crippen LogP contribution in [0.4, 0.5) is 0 Å². The number of nitrogens with zero attached hydrogens (tertiary/aromatic N) is 2. The molecule has 2 radical (unpaired) electrons. The molecule has 0 aromatic carbocycles. The summed E-state index contributed by atoms with van der Waals surface area (Å²) in [6.45, 7) is 19.8. The van der Waals surface area contributed by atoms with Gasteiger partial charge in [-0.15, -0.1) is 0 Å². The molecule has 3 rings (SSSR count). The molecule has 0 fully saturated rings. The summed E-state index contributed by atoms with van der Waals surface area (Å²) in [5.41, 5.74) is 15.2. The molecule has 0 aliphatic heterocycles. The van der Waals surface area contributed by atoms with Gasteiger partial charge in [0.2, 0.25) is 0 Å². The van der Waals surface area contributed by atoms with Crippen LogP contribution in [-0.4, -0.2) is 38.4 Å². The van der Waals surface area contributed by atoms with E-state index in [0.717, 1.165) is 66.1 Å². The molecule has 5 N–H and O–H groups in total. The van der Waals surface area contributed by atoms with Gasteiger partial charge < -0.3 is 25.2 Å². The van der Waals surface area contributed by atoms with Crippen molar-refractivity contribution in [2.45, 2.75) is 92.9 Å². The van der Waals surface area contributed by atoms with Crippen molar-refractivity contribution < 1.29 is 98.3 Å². The summed E-state index contributed by atoms with van der Waals surface area (Å²) < 4.78 is 0. The number of rotatable bonds is 14. The molecule has 0 spiro atoms. The van der Waals surface area contributed by atoms with Crippen molar-refractivity contribution in [2.75, 3.05) is 13.2 Å². The first-order chi connectivity index (χ1) is 19.7. The molecule has 0 aliphatic carbocycles. The van der Waals surface area contributed by atoms with Gasteiger partial charge in [-0.1, -0.05) is 13.8 Å². The number of hydrogen-bond acceptors (Lipinski definition) is 3. The second-order valence-electron chi connectivity index (χ2n) is 10.8. The van der Waals surface area contributed by atoms with E-state index >= 15 is 0 Å². The molecule has 3 aromatic heterocycles. The van der Waals surface area contributed by atoms with Crippen molar-refractivity contribution >= 4 is 12.2 Å². The van der Waals surface area contributed by atoms with Gasteiger partial charge in [-0.3, -0.25) is 0 Å². The fourth-order valence-corrected chi connectivity index (χ4v) is 5.90. The first kappa shape index (κ1) is 40.1. The molecule has 0 unspecified atom stereocenters. The standard InChI is InChI=1S/C34H45N5O2.2Ac/c1-8-25-26(9-2)32(39-31(25)16-21(3)20-35)19-34-28(13-11-15-41)24(6)30(38-34)18-33-27(12-10-14-40)23(5)29(37-33)17-22(4)36-7;;/h16-17,37-41H,8-15,18-19H2,1-6H3;;/b21-16-,22-17-;;. The Morgan fingerprint density at radius 1 is 0.767 bits per heavy atom. The van der Waals surface area contributed by atoms with Crippen LogP contribution in [-0.2, 0) is 38.5 Å². The zero-order valence-corrected chi connectivity index (χ0v) is 36.2. The van der Waals surface area contributed by atoms with Crippen molar-refractivity contribution in [3.63, 3.8) is 0 Å². The summed E-state index contributed by atoms with van der Waals surface area (Å²) in [5.74, 6) is 0. The van der Waals surface area contributed by atoms with Crippen LogP contribution >= 0.6 is 0 Å². The van der Waals surface area contributed by atoms with Gasteiger partial charge >= 0.3 is 0 Å². The summed E-state index contributed by atoms with van der Waals surface area (Å²) in [5, 5.41) is 28.5. The molecule has 0 amide bonds. The fourth-order valence-electron chi connectivity index (χ4n) is 5.90. The van der Waals surface area contributed by atoms with Gasteiger partial charge in [-0.2, -0.15) is 5.26 Å². The number of aromatic amines is 3. The van der Waals surface area contributed by atoms with Gasteiger partial charge in [0.15, 0.2) is 5.70 Å². The van der Waals surface area contributed by atoms with Crippen LogP contribution in [0.3, 0.4) is 0 Å². The third kappa shape index (κ3) is 10.0. The summed E-state index contributed by atoms with van der Waals surface area (Å²) in [6.07, 6.45) is 9.98. The van der Waals surface area contributed by atoms with Gasteiger partial charge in [0.1, 0.15) is 0 Å². The Morgan fingerprint density at radius 3 is 1.81 bits per heavy atom. The van der Waals surface area contributed by atoms with E-state index in [1.165, 1.54) is 33.5 Å². The van der Waals surface area contributed by atoms with Gasteiger partial charge in [-0.05, 0) is 112 Å². The Bertz CT molecular complexity index is 1510. The Labute approximate surface area is 329 Å². The van der Waals surface area contributed by atoms with E-state index < -0.39 is 0 Å². The normalized spacial score (nSPS) is 11.6. The molecule has 224 valence electrons. The topological polar surface area (TPSA) is 116 Å². The first-order valence-corrected chi connectivity index (χ1v) is 14.7. The molecule has 0 saturated carbocycles. The Morgan fingerprint density at radius 2 is 1.28 bits per heavy atom. The van der Waals surface area contributed by atoms with Crippen LogP contribution in [0, 0.1) is 120 Å². The summed E-state index contributed by atoms with van der Waals surface area (Å²) in [4.78, 5) is 14.5. The smallest absolute Gasteiger partial charge is 0.164 e. The van der Waals surface area contributed by atoms with Crippen LogP contribution in [0.1, 0.15) is 108 Å². The zero-order valence-electron chi connectivity index (χ0n) is 26.7. The molecule has 0 aliphatic rings. The van der Waals surface area contributed by atoms with Crippen LogP contribution in [0.15, 0.2) is 11.3 Å². The monoisotopic (exact) mass is 1010 g/mol. The predicted molar refractivity (Wildman–Crippen MR) is 167 cm³/mol. The van der Waals surface area contributed by atoms with Crippen molar-refractivity contribution in [3.8, 4) is 6.07 Å². The largest absolute Gasteiger partial charge is 0.396 e. The van der Waals surface area contributed by atoms with Crippen molar-refractivity contribution in [1.82, 2.24) is 15.0 Å². The maximum atomic E-state index is 9.65. The SMILES string of the molecule is [Ac].[Ac].[C-]#[N+]/C(C)=C\c1[nH]c(Cc2[nH]c(Cc3[nH]c(/C=C(/C)C#N)c(CC)c3CC)c(CCCO)c2C)c(CCCO)c1C. The molecule has 0 saturated heterocycles. The van der Waals surface area contributed by atoms with Crippen molar-refractivity contribution in [1.29, 1.82) is 5.26 Å². The molecule has 0 atom stereocenters. The third-order valence-corrected chi connectivity index (χ3v) is 8.07. The van der Waals surface area contributed by atoms with E-state index in [9.17, 15) is 15.5 Å². The summed E-state index contributed by atoms with van der Waals surface area (Å²) in [7, 11) is 0. The Balaban J connectivity index is 0.00000462. The quantitative estimate of drug-likeness (QED) is 0.0921. The minimum Gasteiger partial charge on any atom is -0.396 e. The van der Waals surface area contributed by atoms with E-state index in [1.54, 1.807) is 0 Å². The molecule has 7 nitrogen and oxygen atoms in total. The molecule has 0 bridgehead atoms. The van der Waals surface area contributed by atoms with E-state index in [2.05, 4.69) is 53.6 Å². The van der Waals surface area contributed by atoms with Crippen LogP contribution in [0.2, 0.25) is 0 Å². The minimum atomic E-state index is 0. The molecule has 3 heterocycles. The summed E-state index contributed by atoms with van der Waals surface area (Å²) >= 11 is 0. The van der Waals surface area contributed by atoms with Crippen LogP contribution < -0.4 is 0 Å². The average Bonchev–Trinajstić information content (AvgIpc) is 3.55. The Hall–Kier alpha value is -0.897. The molecular formula is C34H45Ac2N5O2. The number of nitriles is 1. The number of hydrogen-bond donors (Lipinski definition) is 5. The minimum absolute atomic E-state index is 0. The van der Waals surface area contributed by atoms with Gasteiger partial charge in [0.25, 0.3) is 0 Å². The fraction of sp³-hybridized carbons (Fsp3) is 0.471. The molecule has 43 heavy (non-hydrogen) atoms. The van der Waals surface area contributed by atoms with Crippen LogP contribution in [0.25, 0.3) is 17.0 Å². The second kappa shape index (κ2) is 19.6. The molecular weight excluding hydrogens is 964 g/mol. The van der Waals surface area contributed by atoms with E-state index in [1.807, 2.05) is 26.0 Å². The van der Waals surface area contributed by atoms with Crippen molar-refractivity contribution in [2.24, 2.45) is 0 Å². The number of allylic oxidation sites excluding steroid dienone is 2. The number of aliphatic hydroxyl groups excluding tert-OH is 2. The van der Waals surface area contributed by atoms with Crippen LogP contribution in [0.5, 0.6) is 0 Å². The van der Waals surface area contributed by atoms with Crippen molar-refractivity contribution in [3.05, 3.63) is 90.2 Å². The summed E-state index contributed by atoms with van der Waals surface area (Å²) in [6, 6.07) is 2.24.